The molecule has 0 bridgehead atoms. The standard InChI is InChI=1S/C12H11N3O/c13-15-14-7-11-5-10-4-3-9(8-1-2-8)6-12(10)16-11/h3-6,8H,1-2,7H2. The number of azide groups is 1. The first kappa shape index (κ1) is 9.31. The van der Waals surface area contributed by atoms with E-state index in [0.717, 1.165) is 22.6 Å². The SMILES string of the molecule is [N-]=[N+]=NCc1cc2ccc(C3CC3)cc2o1. The van der Waals surface area contributed by atoms with E-state index in [1.807, 2.05) is 6.07 Å². The molecule has 2 aromatic rings. The molecule has 1 aliphatic carbocycles. The minimum Gasteiger partial charge on any atom is -0.461 e. The summed E-state index contributed by atoms with van der Waals surface area (Å²) in [7, 11) is 0. The van der Waals surface area contributed by atoms with Crippen molar-refractivity contribution in [3.05, 3.63) is 46.0 Å². The Kier molecular flexibility index (Phi) is 2.08. The second-order valence-corrected chi connectivity index (χ2v) is 4.17. The molecule has 0 atom stereocenters. The number of rotatable bonds is 3. The molecule has 4 heteroatoms. The highest BCUT2D eigenvalue weighted by atomic mass is 16.3. The first-order chi connectivity index (χ1) is 7.86. The molecular formula is C12H11N3O. The Labute approximate surface area is 92.5 Å². The molecule has 0 spiro atoms. The molecule has 0 amide bonds. The van der Waals surface area contributed by atoms with Crippen LogP contribution in [0.4, 0.5) is 0 Å². The van der Waals surface area contributed by atoms with Crippen molar-refractivity contribution in [2.75, 3.05) is 0 Å². The highest BCUT2D eigenvalue weighted by molar-refractivity contribution is 5.78. The Hall–Kier alpha value is -1.93. The number of hydrogen-bond donors (Lipinski definition) is 0. The zero-order chi connectivity index (χ0) is 11.0. The van der Waals surface area contributed by atoms with Gasteiger partial charge < -0.3 is 4.42 Å². The van der Waals surface area contributed by atoms with Crippen LogP contribution in [0, 0.1) is 0 Å². The van der Waals surface area contributed by atoms with Crippen LogP contribution in [-0.4, -0.2) is 0 Å². The van der Waals surface area contributed by atoms with Gasteiger partial charge in [-0.15, -0.1) is 0 Å². The lowest BCUT2D eigenvalue weighted by Gasteiger charge is -1.95. The second-order valence-electron chi connectivity index (χ2n) is 4.17. The molecule has 3 rings (SSSR count). The van der Waals surface area contributed by atoms with Crippen LogP contribution in [0.3, 0.4) is 0 Å². The molecule has 4 nitrogen and oxygen atoms in total. The normalized spacial score (nSPS) is 15.0. The molecule has 1 aromatic carbocycles. The molecule has 0 N–H and O–H groups in total. The number of benzene rings is 1. The first-order valence-electron chi connectivity index (χ1n) is 5.40. The number of nitrogens with zero attached hydrogens (tertiary/aromatic N) is 3. The summed E-state index contributed by atoms with van der Waals surface area (Å²) >= 11 is 0. The van der Waals surface area contributed by atoms with E-state index < -0.39 is 0 Å². The summed E-state index contributed by atoms with van der Waals surface area (Å²) in [4.78, 5) is 2.72. The molecule has 80 valence electrons. The lowest BCUT2D eigenvalue weighted by Crippen LogP contribution is -1.76. The van der Waals surface area contributed by atoms with E-state index in [-0.39, 0.29) is 6.54 Å². The molecule has 1 heterocycles. The van der Waals surface area contributed by atoms with Gasteiger partial charge >= 0.3 is 0 Å². The fourth-order valence-corrected chi connectivity index (χ4v) is 1.95. The van der Waals surface area contributed by atoms with Crippen molar-refractivity contribution < 1.29 is 4.42 Å². The Morgan fingerprint density at radius 2 is 2.25 bits per heavy atom. The molecular weight excluding hydrogens is 202 g/mol. The molecule has 1 aromatic heterocycles. The monoisotopic (exact) mass is 213 g/mol. The van der Waals surface area contributed by atoms with Crippen LogP contribution in [0.2, 0.25) is 0 Å². The highest BCUT2D eigenvalue weighted by Gasteiger charge is 2.23. The number of furan rings is 1. The Morgan fingerprint density at radius 1 is 1.38 bits per heavy atom. The van der Waals surface area contributed by atoms with E-state index in [2.05, 4.69) is 28.2 Å². The fraction of sp³-hybridized carbons (Fsp3) is 0.333. The second kappa shape index (κ2) is 3.58. The van der Waals surface area contributed by atoms with Gasteiger partial charge in [-0.25, -0.2) is 0 Å². The van der Waals surface area contributed by atoms with Crippen molar-refractivity contribution in [1.29, 1.82) is 0 Å². The van der Waals surface area contributed by atoms with Crippen LogP contribution in [-0.2, 0) is 6.54 Å². The van der Waals surface area contributed by atoms with Gasteiger partial charge in [-0.05, 0) is 42.0 Å². The van der Waals surface area contributed by atoms with Crippen LogP contribution >= 0.6 is 0 Å². The average molecular weight is 213 g/mol. The maximum absolute atomic E-state index is 8.24. The van der Waals surface area contributed by atoms with Crippen molar-refractivity contribution in [3.8, 4) is 0 Å². The largest absolute Gasteiger partial charge is 0.461 e. The molecule has 1 aliphatic rings. The van der Waals surface area contributed by atoms with Gasteiger partial charge in [-0.2, -0.15) is 0 Å². The number of fused-ring (bicyclic) bond motifs is 1. The van der Waals surface area contributed by atoms with Crippen molar-refractivity contribution in [3.63, 3.8) is 0 Å². The van der Waals surface area contributed by atoms with E-state index >= 15 is 0 Å². The minimum atomic E-state index is 0.282. The third kappa shape index (κ3) is 1.64. The predicted octanol–water partition coefficient (Wildman–Crippen LogP) is 4.12. The topological polar surface area (TPSA) is 61.9 Å². The van der Waals surface area contributed by atoms with E-state index in [4.69, 9.17) is 9.95 Å². The first-order valence-corrected chi connectivity index (χ1v) is 5.40. The summed E-state index contributed by atoms with van der Waals surface area (Å²) in [6.07, 6.45) is 2.58. The van der Waals surface area contributed by atoms with Crippen LogP contribution in [0.5, 0.6) is 0 Å². The van der Waals surface area contributed by atoms with Crippen molar-refractivity contribution in [2.24, 2.45) is 5.11 Å². The van der Waals surface area contributed by atoms with Gasteiger partial charge in [0, 0.05) is 10.3 Å². The molecule has 0 aliphatic heterocycles. The molecule has 1 fully saturated rings. The summed E-state index contributed by atoms with van der Waals surface area (Å²) in [5.41, 5.74) is 10.5. The fourth-order valence-electron chi connectivity index (χ4n) is 1.95. The van der Waals surface area contributed by atoms with E-state index in [1.165, 1.54) is 18.4 Å². The zero-order valence-electron chi connectivity index (χ0n) is 8.76. The van der Waals surface area contributed by atoms with Crippen molar-refractivity contribution in [1.82, 2.24) is 0 Å². The van der Waals surface area contributed by atoms with Gasteiger partial charge in [0.2, 0.25) is 0 Å². The van der Waals surface area contributed by atoms with E-state index in [1.54, 1.807) is 0 Å². The van der Waals surface area contributed by atoms with Gasteiger partial charge in [0.15, 0.2) is 0 Å². The Bertz CT molecular complexity index is 577. The van der Waals surface area contributed by atoms with Gasteiger partial charge in [-0.1, -0.05) is 17.2 Å². The molecule has 16 heavy (non-hydrogen) atoms. The zero-order valence-corrected chi connectivity index (χ0v) is 8.76. The summed E-state index contributed by atoms with van der Waals surface area (Å²) in [6, 6.07) is 8.27. The highest BCUT2D eigenvalue weighted by Crippen LogP contribution is 2.41. The molecule has 1 saturated carbocycles. The van der Waals surface area contributed by atoms with Gasteiger partial charge in [0.05, 0.1) is 6.54 Å². The minimum absolute atomic E-state index is 0.282. The summed E-state index contributed by atoms with van der Waals surface area (Å²) in [6.45, 7) is 0.282. The smallest absolute Gasteiger partial charge is 0.134 e. The lowest BCUT2D eigenvalue weighted by molar-refractivity contribution is 0.551. The lowest BCUT2D eigenvalue weighted by atomic mass is 10.1. The third-order valence-electron chi connectivity index (χ3n) is 2.93. The predicted molar refractivity (Wildman–Crippen MR) is 61.0 cm³/mol. The van der Waals surface area contributed by atoms with Crippen LogP contribution in [0.1, 0.15) is 30.1 Å². The average Bonchev–Trinajstić information content (AvgIpc) is 3.06. The molecule has 0 radical (unpaired) electrons. The maximum atomic E-state index is 8.24. The molecule has 0 unspecified atom stereocenters. The van der Waals surface area contributed by atoms with Crippen molar-refractivity contribution >= 4 is 11.0 Å². The van der Waals surface area contributed by atoms with Crippen LogP contribution in [0.25, 0.3) is 21.4 Å². The van der Waals surface area contributed by atoms with E-state index in [0.29, 0.717) is 0 Å². The van der Waals surface area contributed by atoms with Crippen LogP contribution < -0.4 is 0 Å². The van der Waals surface area contributed by atoms with Crippen LogP contribution in [0.15, 0.2) is 33.8 Å². The third-order valence-corrected chi connectivity index (χ3v) is 2.93. The Balaban J connectivity index is 1.99. The summed E-state index contributed by atoms with van der Waals surface area (Å²) in [5, 5.41) is 4.57. The molecule has 0 saturated heterocycles. The van der Waals surface area contributed by atoms with Gasteiger partial charge in [0.1, 0.15) is 11.3 Å². The van der Waals surface area contributed by atoms with E-state index in [9.17, 15) is 0 Å². The van der Waals surface area contributed by atoms with Crippen molar-refractivity contribution in [2.45, 2.75) is 25.3 Å². The Morgan fingerprint density at radius 3 is 3.00 bits per heavy atom. The van der Waals surface area contributed by atoms with Gasteiger partial charge in [0.25, 0.3) is 0 Å². The van der Waals surface area contributed by atoms with Gasteiger partial charge in [-0.3, -0.25) is 0 Å². The number of hydrogen-bond acceptors (Lipinski definition) is 2. The quantitative estimate of drug-likeness (QED) is 0.429. The summed E-state index contributed by atoms with van der Waals surface area (Å²) < 4.78 is 5.62. The summed E-state index contributed by atoms with van der Waals surface area (Å²) in [5.74, 6) is 1.45. The maximum Gasteiger partial charge on any atom is 0.134 e.